The summed E-state index contributed by atoms with van der Waals surface area (Å²) in [6.45, 7) is 1.08. The number of nitrogens with two attached hydrogens (primary N) is 1. The van der Waals surface area contributed by atoms with Crippen LogP contribution in [0, 0.1) is 5.92 Å². The van der Waals surface area contributed by atoms with E-state index in [1.165, 1.54) is 4.31 Å². The van der Waals surface area contributed by atoms with Crippen LogP contribution < -0.4 is 5.73 Å². The SMILES string of the molecule is NC(=S)c1ccc(S(=O)(=O)N2CCC(CCO)C2)s1. The van der Waals surface area contributed by atoms with Crippen LogP contribution in [-0.2, 0) is 10.0 Å². The number of rotatable bonds is 5. The Balaban J connectivity index is 2.16. The van der Waals surface area contributed by atoms with E-state index in [1.807, 2.05) is 0 Å². The van der Waals surface area contributed by atoms with Crippen molar-refractivity contribution in [2.24, 2.45) is 11.7 Å². The van der Waals surface area contributed by atoms with E-state index in [0.717, 1.165) is 17.8 Å². The third kappa shape index (κ3) is 3.14. The molecule has 1 fully saturated rings. The summed E-state index contributed by atoms with van der Waals surface area (Å²) in [6, 6.07) is 3.19. The number of thiocarbonyl (C=S) groups is 1. The molecule has 8 heteroatoms. The van der Waals surface area contributed by atoms with Crippen LogP contribution in [0.15, 0.2) is 16.3 Å². The second kappa shape index (κ2) is 5.84. The second-order valence-corrected chi connectivity index (χ2v) is 8.20. The van der Waals surface area contributed by atoms with Gasteiger partial charge in [0.15, 0.2) is 0 Å². The molecule has 0 aromatic carbocycles. The maximum absolute atomic E-state index is 12.4. The minimum atomic E-state index is -3.45. The summed E-state index contributed by atoms with van der Waals surface area (Å²) in [7, 11) is -3.45. The molecular formula is C11H16N2O3S3. The van der Waals surface area contributed by atoms with Gasteiger partial charge in [0, 0.05) is 19.7 Å². The van der Waals surface area contributed by atoms with Gasteiger partial charge >= 0.3 is 0 Å². The molecule has 3 N–H and O–H groups in total. The van der Waals surface area contributed by atoms with Gasteiger partial charge in [-0.25, -0.2) is 8.42 Å². The molecule has 0 aliphatic carbocycles. The molecule has 1 aliphatic heterocycles. The lowest BCUT2D eigenvalue weighted by molar-refractivity contribution is 0.260. The average molecular weight is 320 g/mol. The Morgan fingerprint density at radius 3 is 2.89 bits per heavy atom. The van der Waals surface area contributed by atoms with Crippen molar-refractivity contribution < 1.29 is 13.5 Å². The Kier molecular flexibility index (Phi) is 4.57. The zero-order valence-corrected chi connectivity index (χ0v) is 12.7. The number of aliphatic hydroxyl groups is 1. The fourth-order valence-electron chi connectivity index (χ4n) is 2.15. The minimum absolute atomic E-state index is 0.100. The molecule has 19 heavy (non-hydrogen) atoms. The molecule has 106 valence electrons. The third-order valence-electron chi connectivity index (χ3n) is 3.20. The lowest BCUT2D eigenvalue weighted by Gasteiger charge is -2.15. The monoisotopic (exact) mass is 320 g/mol. The van der Waals surface area contributed by atoms with Crippen LogP contribution >= 0.6 is 23.6 Å². The number of hydrogen-bond acceptors (Lipinski definition) is 5. The van der Waals surface area contributed by atoms with Crippen molar-refractivity contribution in [1.82, 2.24) is 4.31 Å². The number of sulfonamides is 1. The quantitative estimate of drug-likeness (QED) is 0.783. The van der Waals surface area contributed by atoms with Gasteiger partial charge in [0.1, 0.15) is 9.20 Å². The highest BCUT2D eigenvalue weighted by Gasteiger charge is 2.33. The van der Waals surface area contributed by atoms with Crippen LogP contribution in [-0.4, -0.2) is 42.5 Å². The maximum Gasteiger partial charge on any atom is 0.252 e. The summed E-state index contributed by atoms with van der Waals surface area (Å²) in [5, 5.41) is 8.90. The molecule has 0 radical (unpaired) electrons. The average Bonchev–Trinajstić information content (AvgIpc) is 2.98. The van der Waals surface area contributed by atoms with Crippen LogP contribution in [0.4, 0.5) is 0 Å². The first-order valence-corrected chi connectivity index (χ1v) is 8.62. The first kappa shape index (κ1) is 14.9. The molecule has 1 atom stereocenters. The third-order valence-corrected chi connectivity index (χ3v) is 7.00. The van der Waals surface area contributed by atoms with E-state index in [4.69, 9.17) is 23.1 Å². The largest absolute Gasteiger partial charge is 0.396 e. The molecule has 2 rings (SSSR count). The predicted octanol–water partition coefficient (Wildman–Crippen LogP) is 0.775. The van der Waals surface area contributed by atoms with E-state index in [0.29, 0.717) is 24.4 Å². The minimum Gasteiger partial charge on any atom is -0.396 e. The van der Waals surface area contributed by atoms with E-state index in [9.17, 15) is 8.42 Å². The molecule has 1 saturated heterocycles. The van der Waals surface area contributed by atoms with Crippen molar-refractivity contribution in [3.05, 3.63) is 17.0 Å². The first-order valence-electron chi connectivity index (χ1n) is 5.96. The van der Waals surface area contributed by atoms with Crippen molar-refractivity contribution in [1.29, 1.82) is 0 Å². The molecule has 2 heterocycles. The van der Waals surface area contributed by atoms with Crippen LogP contribution in [0.25, 0.3) is 0 Å². The molecule has 0 spiro atoms. The summed E-state index contributed by atoms with van der Waals surface area (Å²) in [6.07, 6.45) is 1.45. The molecular weight excluding hydrogens is 304 g/mol. The van der Waals surface area contributed by atoms with Crippen LogP contribution in [0.3, 0.4) is 0 Å². The molecule has 5 nitrogen and oxygen atoms in total. The molecule has 1 aromatic heterocycles. The van der Waals surface area contributed by atoms with Gasteiger partial charge in [-0.3, -0.25) is 0 Å². The zero-order chi connectivity index (χ0) is 14.0. The number of nitrogens with zero attached hydrogens (tertiary/aromatic N) is 1. The highest BCUT2D eigenvalue weighted by molar-refractivity contribution is 7.91. The van der Waals surface area contributed by atoms with E-state index in [1.54, 1.807) is 12.1 Å². The Bertz CT molecular complexity index is 567. The lowest BCUT2D eigenvalue weighted by atomic mass is 10.1. The normalized spacial score (nSPS) is 20.8. The van der Waals surface area contributed by atoms with Gasteiger partial charge in [0.25, 0.3) is 10.0 Å². The summed E-state index contributed by atoms with van der Waals surface area (Å²) in [4.78, 5) is 0.825. The molecule has 0 bridgehead atoms. The predicted molar refractivity (Wildman–Crippen MR) is 78.8 cm³/mol. The summed E-state index contributed by atoms with van der Waals surface area (Å²) < 4.78 is 26.6. The van der Waals surface area contributed by atoms with Crippen molar-refractivity contribution in [2.75, 3.05) is 19.7 Å². The fourth-order valence-corrected chi connectivity index (χ4v) is 5.19. The second-order valence-electron chi connectivity index (χ2n) is 4.51. The van der Waals surface area contributed by atoms with Crippen LogP contribution in [0.1, 0.15) is 17.7 Å². The zero-order valence-electron chi connectivity index (χ0n) is 10.3. The first-order chi connectivity index (χ1) is 8.95. The Hall–Kier alpha value is -0.540. The van der Waals surface area contributed by atoms with Gasteiger partial charge in [-0.2, -0.15) is 4.31 Å². The lowest BCUT2D eigenvalue weighted by Crippen LogP contribution is -2.28. The number of hydrogen-bond donors (Lipinski definition) is 2. The van der Waals surface area contributed by atoms with Crippen LogP contribution in [0.2, 0.25) is 0 Å². The van der Waals surface area contributed by atoms with E-state index >= 15 is 0 Å². The highest BCUT2D eigenvalue weighted by Crippen LogP contribution is 2.29. The Morgan fingerprint density at radius 2 is 2.32 bits per heavy atom. The maximum atomic E-state index is 12.4. The van der Waals surface area contributed by atoms with Crippen molar-refractivity contribution >= 4 is 38.6 Å². The van der Waals surface area contributed by atoms with Crippen molar-refractivity contribution in [3.8, 4) is 0 Å². The molecule has 0 amide bonds. The van der Waals surface area contributed by atoms with Gasteiger partial charge in [0.05, 0.1) is 4.88 Å². The van der Waals surface area contributed by atoms with Gasteiger partial charge in [0.2, 0.25) is 0 Å². The highest BCUT2D eigenvalue weighted by atomic mass is 32.2. The van der Waals surface area contributed by atoms with Crippen LogP contribution in [0.5, 0.6) is 0 Å². The summed E-state index contributed by atoms with van der Waals surface area (Å²) in [5.41, 5.74) is 5.49. The van der Waals surface area contributed by atoms with Gasteiger partial charge in [-0.15, -0.1) is 11.3 Å². The van der Waals surface area contributed by atoms with E-state index in [2.05, 4.69) is 0 Å². The summed E-state index contributed by atoms with van der Waals surface area (Å²) in [5.74, 6) is 0.245. The van der Waals surface area contributed by atoms with Crippen molar-refractivity contribution in [3.63, 3.8) is 0 Å². The summed E-state index contributed by atoms with van der Waals surface area (Å²) >= 11 is 5.94. The van der Waals surface area contributed by atoms with Gasteiger partial charge in [-0.05, 0) is 30.9 Å². The molecule has 1 aliphatic rings. The smallest absolute Gasteiger partial charge is 0.252 e. The van der Waals surface area contributed by atoms with Crippen molar-refractivity contribution in [2.45, 2.75) is 17.1 Å². The Morgan fingerprint density at radius 1 is 1.58 bits per heavy atom. The standard InChI is InChI=1S/C11H16N2O3S3/c12-11(17)9-1-2-10(18-9)19(15,16)13-5-3-8(7-13)4-6-14/h1-2,8,14H,3-7H2,(H2,12,17). The van der Waals surface area contributed by atoms with Gasteiger partial charge < -0.3 is 10.8 Å². The topological polar surface area (TPSA) is 83.6 Å². The van der Waals surface area contributed by atoms with Gasteiger partial charge in [-0.1, -0.05) is 12.2 Å². The number of thiophene rings is 1. The number of aliphatic hydroxyl groups excluding tert-OH is 1. The molecule has 1 aromatic rings. The van der Waals surface area contributed by atoms with E-state index in [-0.39, 0.29) is 21.7 Å². The Labute approximate surface area is 122 Å². The fraction of sp³-hybridized carbons (Fsp3) is 0.545. The van der Waals surface area contributed by atoms with E-state index < -0.39 is 10.0 Å². The molecule has 1 unspecified atom stereocenters. The molecule has 0 saturated carbocycles.